The highest BCUT2D eigenvalue weighted by molar-refractivity contribution is 7.20. The Morgan fingerprint density at radius 2 is 2.00 bits per heavy atom. The maximum atomic E-state index is 12.3. The van der Waals surface area contributed by atoms with Gasteiger partial charge in [-0.3, -0.25) is 14.9 Å². The van der Waals surface area contributed by atoms with Gasteiger partial charge < -0.3 is 0 Å². The number of rotatable bonds is 2. The zero-order chi connectivity index (χ0) is 15.1. The third-order valence-corrected chi connectivity index (χ3v) is 5.57. The Labute approximate surface area is 134 Å². The van der Waals surface area contributed by atoms with Gasteiger partial charge in [-0.05, 0) is 25.0 Å². The number of thiazole rings is 2. The van der Waals surface area contributed by atoms with Crippen LogP contribution in [0.5, 0.6) is 0 Å². The van der Waals surface area contributed by atoms with E-state index in [0.717, 1.165) is 28.8 Å². The summed E-state index contributed by atoms with van der Waals surface area (Å²) < 4.78 is 0.973. The molecule has 1 aliphatic rings. The van der Waals surface area contributed by atoms with Crippen LogP contribution in [0.25, 0.3) is 10.2 Å². The number of amides is 1. The minimum absolute atomic E-state index is 0.124. The first-order chi connectivity index (χ1) is 10.7. The van der Waals surface area contributed by atoms with Gasteiger partial charge in [0, 0.05) is 6.42 Å². The first kappa shape index (κ1) is 13.5. The van der Waals surface area contributed by atoms with Crippen LogP contribution in [0.3, 0.4) is 0 Å². The van der Waals surface area contributed by atoms with Gasteiger partial charge in [0.1, 0.15) is 0 Å². The van der Waals surface area contributed by atoms with E-state index in [1.165, 1.54) is 22.7 Å². The zero-order valence-corrected chi connectivity index (χ0v) is 13.1. The van der Waals surface area contributed by atoms with Crippen molar-refractivity contribution >= 4 is 49.7 Å². The molecule has 2 aromatic heterocycles. The van der Waals surface area contributed by atoms with Gasteiger partial charge in [-0.15, -0.1) is 11.3 Å². The molecule has 0 spiro atoms. The molecule has 7 heteroatoms. The third-order valence-electron chi connectivity index (χ3n) is 3.48. The largest absolute Gasteiger partial charge is 0.296 e. The molecule has 110 valence electrons. The van der Waals surface area contributed by atoms with E-state index < -0.39 is 0 Å². The van der Waals surface area contributed by atoms with Crippen molar-refractivity contribution in [1.82, 2.24) is 9.97 Å². The van der Waals surface area contributed by atoms with E-state index in [2.05, 4.69) is 15.3 Å². The van der Waals surface area contributed by atoms with E-state index in [0.29, 0.717) is 21.4 Å². The van der Waals surface area contributed by atoms with Crippen molar-refractivity contribution in [3.8, 4) is 0 Å². The van der Waals surface area contributed by atoms with E-state index in [1.807, 2.05) is 24.3 Å². The monoisotopic (exact) mass is 329 g/mol. The van der Waals surface area contributed by atoms with Gasteiger partial charge in [0.2, 0.25) is 0 Å². The summed E-state index contributed by atoms with van der Waals surface area (Å²) in [4.78, 5) is 33.5. The van der Waals surface area contributed by atoms with Gasteiger partial charge in [-0.1, -0.05) is 23.5 Å². The van der Waals surface area contributed by atoms with Crippen LogP contribution < -0.4 is 5.32 Å². The summed E-state index contributed by atoms with van der Waals surface area (Å²) in [5.74, 6) is -0.154. The van der Waals surface area contributed by atoms with Gasteiger partial charge in [0.15, 0.2) is 15.9 Å². The Bertz CT molecular complexity index is 864. The number of aryl methyl sites for hydroxylation is 1. The molecule has 2 heterocycles. The topological polar surface area (TPSA) is 72.0 Å². The second-order valence-electron chi connectivity index (χ2n) is 5.01. The number of benzene rings is 1. The maximum absolute atomic E-state index is 12.3. The normalized spacial score (nSPS) is 14.1. The summed E-state index contributed by atoms with van der Waals surface area (Å²) in [6.45, 7) is 0. The molecule has 4 rings (SSSR count). The molecule has 0 saturated heterocycles. The highest BCUT2D eigenvalue weighted by atomic mass is 32.1. The second-order valence-corrected chi connectivity index (χ2v) is 7.04. The molecule has 1 N–H and O–H groups in total. The fourth-order valence-corrected chi connectivity index (χ4v) is 4.28. The van der Waals surface area contributed by atoms with Gasteiger partial charge in [-0.25, -0.2) is 9.97 Å². The van der Waals surface area contributed by atoms with Crippen LogP contribution in [0.1, 0.15) is 38.0 Å². The van der Waals surface area contributed by atoms with Gasteiger partial charge in [-0.2, -0.15) is 0 Å². The van der Waals surface area contributed by atoms with Crippen molar-refractivity contribution in [2.24, 2.45) is 0 Å². The molecule has 5 nitrogen and oxygen atoms in total. The number of fused-ring (bicyclic) bond motifs is 2. The molecule has 0 atom stereocenters. The lowest BCUT2D eigenvalue weighted by atomic mass is 10.0. The number of hydrogen-bond donors (Lipinski definition) is 1. The predicted octanol–water partition coefficient (Wildman–Crippen LogP) is 3.52. The number of para-hydroxylation sites is 1. The number of Topliss-reactive ketones (excluding diaryl/α,β-unsaturated/α-hetero) is 1. The van der Waals surface area contributed by atoms with Crippen molar-refractivity contribution in [2.75, 3.05) is 5.32 Å². The average Bonchev–Trinajstić information content (AvgIpc) is 3.11. The molecule has 0 fully saturated rings. The molecule has 22 heavy (non-hydrogen) atoms. The highest BCUT2D eigenvalue weighted by Gasteiger charge is 2.23. The number of carbonyl (C=O) groups is 2. The Balaban J connectivity index is 1.60. The predicted molar refractivity (Wildman–Crippen MR) is 87.0 cm³/mol. The number of carbonyl (C=O) groups excluding carboxylic acids is 2. The molecule has 0 bridgehead atoms. The molecule has 1 aliphatic carbocycles. The summed E-state index contributed by atoms with van der Waals surface area (Å²) in [5, 5.41) is 3.64. The molecule has 0 radical (unpaired) electrons. The number of anilines is 1. The van der Waals surface area contributed by atoms with E-state index in [4.69, 9.17) is 0 Å². The zero-order valence-electron chi connectivity index (χ0n) is 11.5. The number of nitrogens with zero attached hydrogens (tertiary/aromatic N) is 2. The molecular weight excluding hydrogens is 318 g/mol. The van der Waals surface area contributed by atoms with Crippen LogP contribution >= 0.6 is 22.7 Å². The Morgan fingerprint density at radius 1 is 1.14 bits per heavy atom. The van der Waals surface area contributed by atoms with Crippen LogP contribution in [0, 0.1) is 0 Å². The van der Waals surface area contributed by atoms with Crippen molar-refractivity contribution in [1.29, 1.82) is 0 Å². The summed E-state index contributed by atoms with van der Waals surface area (Å²) in [6.07, 6.45) is 2.20. The lowest BCUT2D eigenvalue weighted by molar-refractivity contribution is 0.0975. The summed E-state index contributed by atoms with van der Waals surface area (Å²) in [6, 6.07) is 7.63. The Morgan fingerprint density at radius 3 is 2.82 bits per heavy atom. The SMILES string of the molecule is O=C(Nc1nc2c(s1)C(=O)CCC2)c1nc2ccccc2s1. The van der Waals surface area contributed by atoms with E-state index >= 15 is 0 Å². The van der Waals surface area contributed by atoms with Crippen LogP contribution in [-0.2, 0) is 6.42 Å². The van der Waals surface area contributed by atoms with Crippen molar-refractivity contribution in [3.63, 3.8) is 0 Å². The quantitative estimate of drug-likeness (QED) is 0.781. The first-order valence-corrected chi connectivity index (χ1v) is 8.54. The smallest absolute Gasteiger partial charge is 0.286 e. The lowest BCUT2D eigenvalue weighted by Crippen LogP contribution is -2.11. The standard InChI is InChI=1S/C15H11N3O2S2/c19-10-6-3-5-9-12(10)22-15(17-9)18-13(20)14-16-8-4-1-2-7-11(8)21-14/h1-2,4,7H,3,5-6H2,(H,17,18,20). The minimum atomic E-state index is -0.278. The lowest BCUT2D eigenvalue weighted by Gasteiger charge is -2.05. The number of aromatic nitrogens is 2. The highest BCUT2D eigenvalue weighted by Crippen LogP contribution is 2.30. The fourth-order valence-electron chi connectivity index (χ4n) is 2.44. The summed E-state index contributed by atoms with van der Waals surface area (Å²) in [5.41, 5.74) is 1.62. The van der Waals surface area contributed by atoms with E-state index in [1.54, 1.807) is 0 Å². The molecule has 0 aliphatic heterocycles. The number of nitrogens with one attached hydrogen (secondary N) is 1. The number of hydrogen-bond acceptors (Lipinski definition) is 6. The fraction of sp³-hybridized carbons (Fsp3) is 0.200. The van der Waals surface area contributed by atoms with E-state index in [9.17, 15) is 9.59 Å². The van der Waals surface area contributed by atoms with Crippen LogP contribution in [0.4, 0.5) is 5.13 Å². The molecule has 0 saturated carbocycles. The Hall–Kier alpha value is -2.12. The minimum Gasteiger partial charge on any atom is -0.296 e. The van der Waals surface area contributed by atoms with Crippen LogP contribution in [-0.4, -0.2) is 21.7 Å². The number of ketones is 1. The average molecular weight is 329 g/mol. The first-order valence-electron chi connectivity index (χ1n) is 6.90. The van der Waals surface area contributed by atoms with Gasteiger partial charge in [0.05, 0.1) is 20.8 Å². The molecule has 0 unspecified atom stereocenters. The van der Waals surface area contributed by atoms with Crippen LogP contribution in [0.2, 0.25) is 0 Å². The van der Waals surface area contributed by atoms with Gasteiger partial charge in [0.25, 0.3) is 5.91 Å². The molecular formula is C15H11N3O2S2. The maximum Gasteiger partial charge on any atom is 0.286 e. The Kier molecular flexibility index (Phi) is 3.24. The molecule has 3 aromatic rings. The second kappa shape index (κ2) is 5.26. The van der Waals surface area contributed by atoms with Crippen molar-refractivity contribution < 1.29 is 9.59 Å². The van der Waals surface area contributed by atoms with Crippen molar-refractivity contribution in [2.45, 2.75) is 19.3 Å². The molecule has 1 amide bonds. The van der Waals surface area contributed by atoms with E-state index in [-0.39, 0.29) is 11.7 Å². The third kappa shape index (κ3) is 2.32. The summed E-state index contributed by atoms with van der Waals surface area (Å²) in [7, 11) is 0. The van der Waals surface area contributed by atoms with Gasteiger partial charge >= 0.3 is 0 Å². The van der Waals surface area contributed by atoms with Crippen molar-refractivity contribution in [3.05, 3.63) is 39.8 Å². The van der Waals surface area contributed by atoms with Crippen LogP contribution in [0.15, 0.2) is 24.3 Å². The molecule has 1 aromatic carbocycles. The summed E-state index contributed by atoms with van der Waals surface area (Å²) >= 11 is 2.60.